The first-order valence-corrected chi connectivity index (χ1v) is 11.2. The number of hydrogen-bond donors (Lipinski definition) is 0. The molecule has 0 saturated heterocycles. The Labute approximate surface area is 179 Å². The highest BCUT2D eigenvalue weighted by molar-refractivity contribution is 7.98. The van der Waals surface area contributed by atoms with Gasteiger partial charge in [-0.1, -0.05) is 11.3 Å². The van der Waals surface area contributed by atoms with E-state index < -0.39 is 0 Å². The molecule has 0 bridgehead atoms. The van der Waals surface area contributed by atoms with Gasteiger partial charge in [-0.3, -0.25) is 9.69 Å². The van der Waals surface area contributed by atoms with Gasteiger partial charge in [-0.25, -0.2) is 4.98 Å². The molecule has 8 heteroatoms. The highest BCUT2D eigenvalue weighted by Gasteiger charge is 2.20. The Kier molecular flexibility index (Phi) is 7.35. The predicted molar refractivity (Wildman–Crippen MR) is 121 cm³/mol. The normalized spacial score (nSPS) is 11.1. The van der Waals surface area contributed by atoms with Gasteiger partial charge in [-0.05, 0) is 62.8 Å². The molecule has 0 aliphatic carbocycles. The van der Waals surface area contributed by atoms with Crippen LogP contribution in [0.25, 0.3) is 10.2 Å². The van der Waals surface area contributed by atoms with Crippen LogP contribution in [0.4, 0.5) is 5.13 Å². The van der Waals surface area contributed by atoms with Gasteiger partial charge in [0.05, 0.1) is 17.3 Å². The van der Waals surface area contributed by atoms with Crippen LogP contribution in [0, 0.1) is 0 Å². The molecular formula is C21H25N3O3S2. The van der Waals surface area contributed by atoms with Crippen molar-refractivity contribution < 1.29 is 14.3 Å². The zero-order valence-corrected chi connectivity index (χ0v) is 18.7. The second kappa shape index (κ2) is 9.96. The van der Waals surface area contributed by atoms with E-state index in [0.717, 1.165) is 22.5 Å². The van der Waals surface area contributed by atoms with Crippen molar-refractivity contribution in [1.29, 1.82) is 0 Å². The predicted octanol–water partition coefficient (Wildman–Crippen LogP) is 4.00. The van der Waals surface area contributed by atoms with E-state index in [0.29, 0.717) is 17.4 Å². The van der Waals surface area contributed by atoms with Crippen LogP contribution in [0.5, 0.6) is 11.5 Å². The summed E-state index contributed by atoms with van der Waals surface area (Å²) < 4.78 is 11.9. The Bertz CT molecular complexity index is 957. The number of carbonyl (C=O) groups excluding carboxylic acids is 1. The fraction of sp³-hybridized carbons (Fsp3) is 0.333. The van der Waals surface area contributed by atoms with Crippen LogP contribution in [0.3, 0.4) is 0 Å². The number of hydrogen-bond acceptors (Lipinski definition) is 7. The topological polar surface area (TPSA) is 54.9 Å². The lowest BCUT2D eigenvalue weighted by molar-refractivity contribution is -0.120. The van der Waals surface area contributed by atoms with Gasteiger partial charge in [0, 0.05) is 18.0 Å². The number of carbonyl (C=O) groups is 1. The SMILES string of the molecule is COc1ccc(OCC(=O)N(CCN(C)C)c2nc3ccc(SC)cc3s2)cc1. The van der Waals surface area contributed by atoms with Crippen molar-refractivity contribution in [3.05, 3.63) is 42.5 Å². The third kappa shape index (κ3) is 5.62. The molecule has 0 spiro atoms. The van der Waals surface area contributed by atoms with Gasteiger partial charge in [0.2, 0.25) is 0 Å². The molecule has 3 rings (SSSR count). The van der Waals surface area contributed by atoms with Crippen molar-refractivity contribution in [2.24, 2.45) is 0 Å². The molecule has 0 aliphatic rings. The maximum absolute atomic E-state index is 13.0. The Morgan fingerprint density at radius 2 is 1.83 bits per heavy atom. The number of rotatable bonds is 9. The lowest BCUT2D eigenvalue weighted by atomic mass is 10.3. The number of anilines is 1. The summed E-state index contributed by atoms with van der Waals surface area (Å²) in [5.74, 6) is 1.25. The van der Waals surface area contributed by atoms with Gasteiger partial charge in [-0.15, -0.1) is 11.8 Å². The van der Waals surface area contributed by atoms with Crippen LogP contribution in [0.1, 0.15) is 0 Å². The summed E-state index contributed by atoms with van der Waals surface area (Å²) in [6.07, 6.45) is 2.05. The number of nitrogens with zero attached hydrogens (tertiary/aromatic N) is 3. The Morgan fingerprint density at radius 3 is 2.48 bits per heavy atom. The van der Waals surface area contributed by atoms with Crippen LogP contribution in [0.2, 0.25) is 0 Å². The zero-order chi connectivity index (χ0) is 20.8. The second-order valence-electron chi connectivity index (χ2n) is 6.64. The van der Waals surface area contributed by atoms with Gasteiger partial charge >= 0.3 is 0 Å². The molecule has 3 aromatic rings. The van der Waals surface area contributed by atoms with E-state index >= 15 is 0 Å². The lowest BCUT2D eigenvalue weighted by Gasteiger charge is -2.22. The minimum absolute atomic E-state index is 0.0499. The van der Waals surface area contributed by atoms with Crippen LogP contribution in [0.15, 0.2) is 47.4 Å². The Balaban J connectivity index is 1.77. The van der Waals surface area contributed by atoms with E-state index in [4.69, 9.17) is 9.47 Å². The molecule has 1 amide bonds. The summed E-state index contributed by atoms with van der Waals surface area (Å²) in [4.78, 5) is 22.6. The fourth-order valence-electron chi connectivity index (χ4n) is 2.66. The monoisotopic (exact) mass is 431 g/mol. The first-order chi connectivity index (χ1) is 14.0. The number of aromatic nitrogens is 1. The molecule has 1 aromatic heterocycles. The van der Waals surface area contributed by atoms with Crippen molar-refractivity contribution in [2.45, 2.75) is 4.90 Å². The number of methoxy groups -OCH3 is 1. The minimum Gasteiger partial charge on any atom is -0.497 e. The molecule has 0 N–H and O–H groups in total. The van der Waals surface area contributed by atoms with Crippen molar-refractivity contribution in [3.63, 3.8) is 0 Å². The minimum atomic E-state index is -0.119. The summed E-state index contributed by atoms with van der Waals surface area (Å²) in [6.45, 7) is 1.24. The van der Waals surface area contributed by atoms with Crippen LogP contribution in [-0.4, -0.2) is 62.9 Å². The van der Waals surface area contributed by atoms with Gasteiger partial charge in [-0.2, -0.15) is 0 Å². The molecule has 1 heterocycles. The number of benzene rings is 2. The van der Waals surface area contributed by atoms with E-state index in [9.17, 15) is 4.79 Å². The highest BCUT2D eigenvalue weighted by atomic mass is 32.2. The molecule has 2 aromatic carbocycles. The third-order valence-corrected chi connectivity index (χ3v) is 6.08. The van der Waals surface area contributed by atoms with Crippen molar-refractivity contribution in [3.8, 4) is 11.5 Å². The molecule has 0 atom stereocenters. The molecule has 6 nitrogen and oxygen atoms in total. The van der Waals surface area contributed by atoms with E-state index in [1.54, 1.807) is 48.0 Å². The summed E-state index contributed by atoms with van der Waals surface area (Å²) >= 11 is 3.22. The van der Waals surface area contributed by atoms with Crippen molar-refractivity contribution in [1.82, 2.24) is 9.88 Å². The van der Waals surface area contributed by atoms with Gasteiger partial charge in [0.15, 0.2) is 11.7 Å². The largest absolute Gasteiger partial charge is 0.497 e. The molecule has 0 aliphatic heterocycles. The van der Waals surface area contributed by atoms with Gasteiger partial charge in [0.25, 0.3) is 5.91 Å². The molecule has 0 radical (unpaired) electrons. The lowest BCUT2D eigenvalue weighted by Crippen LogP contribution is -2.39. The number of ether oxygens (including phenoxy) is 2. The number of thiazole rings is 1. The standard InChI is InChI=1S/C21H25N3O3S2/c1-23(2)11-12-24(20(25)14-27-16-7-5-15(26-3)6-8-16)21-22-18-10-9-17(28-4)13-19(18)29-21/h5-10,13H,11-12,14H2,1-4H3. The second-order valence-corrected chi connectivity index (χ2v) is 8.53. The van der Waals surface area contributed by atoms with Crippen LogP contribution < -0.4 is 14.4 Å². The summed E-state index contributed by atoms with van der Waals surface area (Å²) in [6, 6.07) is 13.4. The third-order valence-electron chi connectivity index (χ3n) is 4.31. The van der Waals surface area contributed by atoms with Gasteiger partial charge < -0.3 is 14.4 Å². The molecule has 0 unspecified atom stereocenters. The van der Waals surface area contributed by atoms with Gasteiger partial charge in [0.1, 0.15) is 11.5 Å². The maximum atomic E-state index is 13.0. The highest BCUT2D eigenvalue weighted by Crippen LogP contribution is 2.31. The fourth-order valence-corrected chi connectivity index (χ4v) is 4.22. The van der Waals surface area contributed by atoms with Crippen molar-refractivity contribution in [2.75, 3.05) is 52.1 Å². The summed E-state index contributed by atoms with van der Waals surface area (Å²) in [5, 5.41) is 0.698. The van der Waals surface area contributed by atoms with E-state index in [2.05, 4.69) is 17.1 Å². The smallest absolute Gasteiger partial charge is 0.266 e. The average molecular weight is 432 g/mol. The molecule has 29 heavy (non-hydrogen) atoms. The quantitative estimate of drug-likeness (QED) is 0.478. The maximum Gasteiger partial charge on any atom is 0.266 e. The first-order valence-electron chi connectivity index (χ1n) is 9.16. The van der Waals surface area contributed by atoms with E-state index in [-0.39, 0.29) is 12.5 Å². The summed E-state index contributed by atoms with van der Waals surface area (Å²) in [5.41, 5.74) is 0.904. The van der Waals surface area contributed by atoms with E-state index in [1.165, 1.54) is 16.2 Å². The van der Waals surface area contributed by atoms with Crippen molar-refractivity contribution >= 4 is 44.4 Å². The first kappa shape index (κ1) is 21.4. The number of amides is 1. The Hall–Kier alpha value is -2.29. The Morgan fingerprint density at radius 1 is 1.10 bits per heavy atom. The molecule has 0 saturated carbocycles. The average Bonchev–Trinajstić information content (AvgIpc) is 3.15. The number of fused-ring (bicyclic) bond motifs is 1. The zero-order valence-electron chi connectivity index (χ0n) is 17.0. The van der Waals surface area contributed by atoms with Crippen LogP contribution in [-0.2, 0) is 4.79 Å². The van der Waals surface area contributed by atoms with E-state index in [1.807, 2.05) is 31.3 Å². The molecular weight excluding hydrogens is 406 g/mol. The number of thioether (sulfide) groups is 1. The number of likely N-dealkylation sites (N-methyl/N-ethyl adjacent to an activating group) is 1. The van der Waals surface area contributed by atoms with Crippen LogP contribution >= 0.6 is 23.1 Å². The molecule has 0 fully saturated rings. The summed E-state index contributed by atoms with van der Waals surface area (Å²) in [7, 11) is 5.58. The molecule has 154 valence electrons.